The van der Waals surface area contributed by atoms with Crippen LogP contribution >= 0.6 is 0 Å². The van der Waals surface area contributed by atoms with Gasteiger partial charge in [-0.1, -0.05) is 256 Å². The molecular formula is C80H152O3. The fourth-order valence-corrected chi connectivity index (χ4v) is 15.5. The van der Waals surface area contributed by atoms with Crippen molar-refractivity contribution >= 4 is 0 Å². The Hall–Kier alpha value is -1.06. The molecule has 0 atom stereocenters. The van der Waals surface area contributed by atoms with Crippen LogP contribution in [0, 0.1) is 73.4 Å². The van der Waals surface area contributed by atoms with Crippen LogP contribution < -0.4 is 4.74 Å². The third-order valence-electron chi connectivity index (χ3n) is 24.7. The van der Waals surface area contributed by atoms with Gasteiger partial charge in [0.15, 0.2) is 0 Å². The number of ether oxygens (including phenoxy) is 3. The highest BCUT2D eigenvalue weighted by Crippen LogP contribution is 2.54. The van der Waals surface area contributed by atoms with Gasteiger partial charge in [0.2, 0.25) is 0 Å². The Bertz CT molecular complexity index is 1630. The van der Waals surface area contributed by atoms with E-state index in [-0.39, 0.29) is 0 Å². The summed E-state index contributed by atoms with van der Waals surface area (Å²) in [5.74, 6) is 7.25. The standard InChI is InChI=1S/C14H26.C13H24.C12H22.C11H20.C9H20.C8H16.C7H8O.C4H10O.C2H6O/c1-12-4-6-14(7-5-12)10-8-13(2,3)9-11-14;1-11-7-9-13(10-8-11)12-5-3-2-4-6-12;1-11-5-9-12(10-6-11)7-3-2-4-8-12;1-10-4-8-11(9-5-10)6-2-3-7-11;1-7-9(5,6)8(2,3)4;1-3-8(2)6-4-5-7-8;1-8-7-5-3-2-4-6-7;1-4(2)5-3;1-3-2/h12H,4-11H2,1-3H3;11-13H,2-10H2,1H3;11H,2-10H2,1H3;10H,2-9H2,1H3;7H2,1-6H3;3-7H2,1-2H3;2-6H,1H3;4H,1-3H3;1-2H3. The molecule has 0 radical (unpaired) electrons. The normalized spacial score (nSPS) is 25.6. The lowest BCUT2D eigenvalue weighted by Gasteiger charge is -2.47. The predicted octanol–water partition coefficient (Wildman–Crippen LogP) is 26.5. The molecule has 0 amide bonds. The molecule has 0 unspecified atom stereocenters. The van der Waals surface area contributed by atoms with Crippen LogP contribution in [0.2, 0.25) is 0 Å². The van der Waals surface area contributed by atoms with Crippen molar-refractivity contribution in [1.29, 1.82) is 0 Å². The Balaban J connectivity index is 0.000000326. The molecule has 9 saturated carbocycles. The number of hydrogen-bond donors (Lipinski definition) is 0. The van der Waals surface area contributed by atoms with Crippen molar-refractivity contribution < 1.29 is 14.2 Å². The van der Waals surface area contributed by atoms with E-state index in [0.717, 1.165) is 62.9 Å². The molecular weight excluding hydrogens is 1010 g/mol. The van der Waals surface area contributed by atoms with Gasteiger partial charge in [0, 0.05) is 21.3 Å². The number of hydrogen-bond acceptors (Lipinski definition) is 3. The maximum Gasteiger partial charge on any atom is 0.118 e. The third-order valence-corrected chi connectivity index (χ3v) is 24.7. The number of benzene rings is 1. The summed E-state index contributed by atoms with van der Waals surface area (Å²) in [4.78, 5) is 0. The van der Waals surface area contributed by atoms with Gasteiger partial charge in [0.1, 0.15) is 5.75 Å². The molecule has 0 bridgehead atoms. The minimum atomic E-state index is 0.384. The summed E-state index contributed by atoms with van der Waals surface area (Å²) in [6.45, 7) is 37.1. The number of methoxy groups -OCH3 is 3. The molecule has 3 spiro atoms. The van der Waals surface area contributed by atoms with E-state index < -0.39 is 0 Å². The van der Waals surface area contributed by atoms with Gasteiger partial charge >= 0.3 is 0 Å². The minimum Gasteiger partial charge on any atom is -0.497 e. The van der Waals surface area contributed by atoms with Gasteiger partial charge in [0.25, 0.3) is 0 Å². The van der Waals surface area contributed by atoms with Gasteiger partial charge in [-0.3, -0.25) is 0 Å². The Morgan fingerprint density at radius 2 is 0.747 bits per heavy atom. The zero-order valence-electron chi connectivity index (χ0n) is 60.4. The average molecular weight is 1160 g/mol. The Morgan fingerprint density at radius 1 is 0.422 bits per heavy atom. The molecule has 0 aliphatic heterocycles. The lowest BCUT2D eigenvalue weighted by molar-refractivity contribution is 0.0511. The third kappa shape index (κ3) is 31.8. The molecule has 0 saturated heterocycles. The first-order valence-electron chi connectivity index (χ1n) is 36.7. The first-order valence-corrected chi connectivity index (χ1v) is 36.7. The second kappa shape index (κ2) is 40.6. The predicted molar refractivity (Wildman–Crippen MR) is 370 cm³/mol. The number of para-hydroxylation sites is 1. The second-order valence-corrected chi connectivity index (χ2v) is 33.5. The smallest absolute Gasteiger partial charge is 0.118 e. The highest BCUT2D eigenvalue weighted by molar-refractivity contribution is 5.20. The fourth-order valence-electron chi connectivity index (χ4n) is 15.5. The lowest BCUT2D eigenvalue weighted by atomic mass is 9.59. The molecule has 0 heterocycles. The summed E-state index contributed by atoms with van der Waals surface area (Å²) in [6, 6.07) is 9.68. The molecule has 3 heteroatoms. The lowest BCUT2D eigenvalue weighted by Crippen LogP contribution is -2.34. The van der Waals surface area contributed by atoms with Crippen molar-refractivity contribution in [2.24, 2.45) is 73.4 Å². The Kier molecular flexibility index (Phi) is 38.1. The summed E-state index contributed by atoms with van der Waals surface area (Å²) in [7, 11) is 6.61. The van der Waals surface area contributed by atoms with Gasteiger partial charge in [0.05, 0.1) is 13.2 Å². The molecule has 9 aliphatic carbocycles. The maximum absolute atomic E-state index is 4.91. The molecule has 9 aliphatic rings. The highest BCUT2D eigenvalue weighted by atomic mass is 16.5. The van der Waals surface area contributed by atoms with Crippen molar-refractivity contribution in [3.8, 4) is 5.75 Å². The van der Waals surface area contributed by atoms with E-state index in [4.69, 9.17) is 9.47 Å². The zero-order chi connectivity index (χ0) is 62.1. The van der Waals surface area contributed by atoms with Gasteiger partial charge in [-0.15, -0.1) is 0 Å². The van der Waals surface area contributed by atoms with Crippen molar-refractivity contribution in [3.63, 3.8) is 0 Å². The van der Waals surface area contributed by atoms with E-state index in [1.54, 1.807) is 105 Å². The maximum atomic E-state index is 4.91. The topological polar surface area (TPSA) is 27.7 Å². The molecule has 0 aromatic heterocycles. The Morgan fingerprint density at radius 3 is 1.05 bits per heavy atom. The summed E-state index contributed by atoms with van der Waals surface area (Å²) < 4.78 is 13.9. The average Bonchev–Trinajstić information content (AvgIpc) is 4.17. The molecule has 3 nitrogen and oxygen atoms in total. The van der Waals surface area contributed by atoms with Crippen molar-refractivity contribution in [1.82, 2.24) is 0 Å². The summed E-state index contributed by atoms with van der Waals surface area (Å²) in [5.41, 5.74) is 4.79. The first-order chi connectivity index (χ1) is 39.2. The molecule has 83 heavy (non-hydrogen) atoms. The van der Waals surface area contributed by atoms with Crippen LogP contribution in [0.25, 0.3) is 0 Å². The zero-order valence-corrected chi connectivity index (χ0v) is 60.4. The van der Waals surface area contributed by atoms with Crippen LogP contribution in [0.15, 0.2) is 30.3 Å². The van der Waals surface area contributed by atoms with E-state index >= 15 is 0 Å². The van der Waals surface area contributed by atoms with E-state index in [1.807, 2.05) is 44.2 Å². The van der Waals surface area contributed by atoms with Crippen molar-refractivity contribution in [2.45, 2.75) is 374 Å². The second-order valence-electron chi connectivity index (χ2n) is 33.5. The fraction of sp³-hybridized carbons (Fsp3) is 0.925. The number of rotatable bonds is 5. The van der Waals surface area contributed by atoms with Gasteiger partial charge in [-0.05, 0) is 215 Å². The monoisotopic (exact) mass is 1160 g/mol. The van der Waals surface area contributed by atoms with Crippen LogP contribution in [0.4, 0.5) is 0 Å². The molecule has 1 aromatic carbocycles. The molecule has 1 aromatic rings. The summed E-state index contributed by atoms with van der Waals surface area (Å²) >= 11 is 0. The summed E-state index contributed by atoms with van der Waals surface area (Å²) in [6.07, 6.45) is 60.9. The van der Waals surface area contributed by atoms with Gasteiger partial charge in [-0.25, -0.2) is 0 Å². The van der Waals surface area contributed by atoms with Crippen LogP contribution in [0.1, 0.15) is 368 Å². The van der Waals surface area contributed by atoms with Gasteiger partial charge in [-0.2, -0.15) is 0 Å². The van der Waals surface area contributed by atoms with Crippen LogP contribution in [-0.2, 0) is 9.47 Å². The molecule has 10 rings (SSSR count). The molecule has 0 N–H and O–H groups in total. The Labute approximate surface area is 523 Å². The van der Waals surface area contributed by atoms with Crippen LogP contribution in [0.5, 0.6) is 5.75 Å². The van der Waals surface area contributed by atoms with Crippen molar-refractivity contribution in [2.75, 3.05) is 28.4 Å². The van der Waals surface area contributed by atoms with Crippen molar-refractivity contribution in [3.05, 3.63) is 30.3 Å². The SMILES string of the molecule is CC1CCC(C2CCCCC2)CC1.CC1CCC2(CC1)CCC(C)(C)CC2.CC1CCC2(CCCC2)CC1.CC1CCC2(CCCCC2)CC1.CCC(C)(C)C(C)(C)C.CCC1(C)CCCC1.COC.COC(C)C.COc1ccccc1. The van der Waals surface area contributed by atoms with E-state index in [1.165, 1.54) is 180 Å². The van der Waals surface area contributed by atoms with E-state index in [0.29, 0.717) is 22.3 Å². The summed E-state index contributed by atoms with van der Waals surface area (Å²) in [5, 5.41) is 0. The van der Waals surface area contributed by atoms with E-state index in [9.17, 15) is 0 Å². The van der Waals surface area contributed by atoms with Crippen LogP contribution in [0.3, 0.4) is 0 Å². The van der Waals surface area contributed by atoms with E-state index in [2.05, 4.69) is 102 Å². The molecule has 490 valence electrons. The first kappa shape index (κ1) is 78.0. The van der Waals surface area contributed by atoms with Crippen LogP contribution in [-0.4, -0.2) is 34.5 Å². The largest absolute Gasteiger partial charge is 0.497 e. The quantitative estimate of drug-likeness (QED) is 0.294. The van der Waals surface area contributed by atoms with Gasteiger partial charge < -0.3 is 14.2 Å². The minimum absolute atomic E-state index is 0.384. The molecule has 9 fully saturated rings. The highest BCUT2D eigenvalue weighted by Gasteiger charge is 2.41.